The van der Waals surface area contributed by atoms with E-state index in [-0.39, 0.29) is 17.9 Å². The molecular weight excluding hydrogens is 354 g/mol. The van der Waals surface area contributed by atoms with Crippen LogP contribution in [-0.2, 0) is 9.53 Å². The summed E-state index contributed by atoms with van der Waals surface area (Å²) in [4.78, 5) is 19.1. The van der Waals surface area contributed by atoms with E-state index in [0.29, 0.717) is 23.2 Å². The lowest BCUT2D eigenvalue weighted by Crippen LogP contribution is -2.43. The lowest BCUT2D eigenvalue weighted by atomic mass is 9.96. The van der Waals surface area contributed by atoms with Crippen molar-refractivity contribution in [3.05, 3.63) is 23.2 Å². The van der Waals surface area contributed by atoms with Gasteiger partial charge in [-0.3, -0.25) is 4.79 Å². The van der Waals surface area contributed by atoms with Crippen LogP contribution in [0, 0.1) is 5.92 Å². The van der Waals surface area contributed by atoms with Gasteiger partial charge in [0.25, 0.3) is 6.01 Å². The molecule has 0 aliphatic carbocycles. The molecule has 0 bridgehead atoms. The Morgan fingerprint density at radius 1 is 1.27 bits per heavy atom. The maximum atomic E-state index is 12.4. The number of piperidine rings is 1. The van der Waals surface area contributed by atoms with Gasteiger partial charge in [-0.05, 0) is 44.2 Å². The van der Waals surface area contributed by atoms with Crippen LogP contribution in [0.3, 0.4) is 0 Å². The standard InChI is InChI=1S/C19H24ClN3O3/c20-14-4-5-16-17(11-14)26-19(22-16)23-8-6-13(7-9-23)18(24)21-12-15-3-1-2-10-25-15/h4-5,11,13,15H,1-3,6-10,12H2,(H,21,24). The second-order valence-electron chi connectivity index (χ2n) is 7.10. The van der Waals surface area contributed by atoms with E-state index in [1.807, 2.05) is 12.1 Å². The number of halogens is 1. The highest BCUT2D eigenvalue weighted by Gasteiger charge is 2.27. The summed E-state index contributed by atoms with van der Waals surface area (Å²) < 4.78 is 11.5. The Balaban J connectivity index is 1.29. The number of anilines is 1. The molecule has 1 aromatic heterocycles. The predicted molar refractivity (Wildman–Crippen MR) is 101 cm³/mol. The summed E-state index contributed by atoms with van der Waals surface area (Å²) in [7, 11) is 0. The number of nitrogens with one attached hydrogen (secondary N) is 1. The van der Waals surface area contributed by atoms with Crippen molar-refractivity contribution in [1.29, 1.82) is 0 Å². The van der Waals surface area contributed by atoms with Gasteiger partial charge >= 0.3 is 0 Å². The number of benzene rings is 1. The van der Waals surface area contributed by atoms with Crippen LogP contribution >= 0.6 is 11.6 Å². The molecule has 0 radical (unpaired) electrons. The highest BCUT2D eigenvalue weighted by Crippen LogP contribution is 2.28. The van der Waals surface area contributed by atoms with Crippen molar-refractivity contribution in [2.45, 2.75) is 38.2 Å². The lowest BCUT2D eigenvalue weighted by molar-refractivity contribution is -0.126. The number of oxazole rings is 1. The molecule has 2 saturated heterocycles. The molecule has 0 spiro atoms. The summed E-state index contributed by atoms with van der Waals surface area (Å²) in [5.74, 6) is 0.192. The zero-order valence-electron chi connectivity index (χ0n) is 14.7. The van der Waals surface area contributed by atoms with Crippen molar-refractivity contribution in [2.24, 2.45) is 5.92 Å². The molecule has 6 nitrogen and oxygen atoms in total. The number of fused-ring (bicyclic) bond motifs is 1. The molecule has 7 heteroatoms. The first-order chi connectivity index (χ1) is 12.7. The molecule has 3 heterocycles. The van der Waals surface area contributed by atoms with Crippen molar-refractivity contribution in [3.63, 3.8) is 0 Å². The number of amides is 1. The third-order valence-electron chi connectivity index (χ3n) is 5.25. The average molecular weight is 378 g/mol. The van der Waals surface area contributed by atoms with E-state index in [0.717, 1.165) is 50.9 Å². The number of ether oxygens (including phenoxy) is 1. The molecule has 0 saturated carbocycles. The van der Waals surface area contributed by atoms with Crippen molar-refractivity contribution in [1.82, 2.24) is 10.3 Å². The van der Waals surface area contributed by atoms with Crippen LogP contribution in [0.2, 0.25) is 5.02 Å². The Hall–Kier alpha value is -1.79. The van der Waals surface area contributed by atoms with Gasteiger partial charge in [-0.25, -0.2) is 0 Å². The summed E-state index contributed by atoms with van der Waals surface area (Å²) in [6.45, 7) is 2.97. The fraction of sp³-hybridized carbons (Fsp3) is 0.579. The average Bonchev–Trinajstić information content (AvgIpc) is 3.10. The van der Waals surface area contributed by atoms with Crippen LogP contribution in [0.5, 0.6) is 0 Å². The van der Waals surface area contributed by atoms with Gasteiger partial charge in [-0.2, -0.15) is 4.98 Å². The predicted octanol–water partition coefficient (Wildman–Crippen LogP) is 3.38. The molecule has 4 rings (SSSR count). The van der Waals surface area contributed by atoms with Gasteiger partial charge in [0.1, 0.15) is 5.52 Å². The van der Waals surface area contributed by atoms with E-state index in [1.165, 1.54) is 6.42 Å². The number of carbonyl (C=O) groups excluding carboxylic acids is 1. The minimum absolute atomic E-state index is 0.0497. The van der Waals surface area contributed by atoms with Gasteiger partial charge in [0.2, 0.25) is 5.91 Å². The maximum absolute atomic E-state index is 12.4. The fourth-order valence-corrected chi connectivity index (χ4v) is 3.84. The Kier molecular flexibility index (Phi) is 5.31. The third-order valence-corrected chi connectivity index (χ3v) is 5.49. The quantitative estimate of drug-likeness (QED) is 0.884. The summed E-state index contributed by atoms with van der Waals surface area (Å²) in [5, 5.41) is 3.70. The van der Waals surface area contributed by atoms with Gasteiger partial charge in [-0.15, -0.1) is 0 Å². The molecule has 2 aromatic rings. The number of hydrogen-bond donors (Lipinski definition) is 1. The second kappa shape index (κ2) is 7.84. The number of nitrogens with zero attached hydrogens (tertiary/aromatic N) is 2. The summed E-state index contributed by atoms with van der Waals surface area (Å²) in [6.07, 6.45) is 5.15. The summed E-state index contributed by atoms with van der Waals surface area (Å²) in [6, 6.07) is 6.05. The van der Waals surface area contributed by atoms with Crippen molar-refractivity contribution in [3.8, 4) is 0 Å². The third kappa shape index (κ3) is 3.96. The maximum Gasteiger partial charge on any atom is 0.298 e. The summed E-state index contributed by atoms with van der Waals surface area (Å²) >= 11 is 6.00. The highest BCUT2D eigenvalue weighted by molar-refractivity contribution is 6.31. The van der Waals surface area contributed by atoms with E-state index in [2.05, 4.69) is 15.2 Å². The van der Waals surface area contributed by atoms with E-state index < -0.39 is 0 Å². The smallest absolute Gasteiger partial charge is 0.298 e. The molecule has 26 heavy (non-hydrogen) atoms. The monoisotopic (exact) mass is 377 g/mol. The fourth-order valence-electron chi connectivity index (χ4n) is 3.68. The Morgan fingerprint density at radius 2 is 2.12 bits per heavy atom. The molecule has 1 atom stereocenters. The Bertz CT molecular complexity index is 764. The number of carbonyl (C=O) groups is 1. The van der Waals surface area contributed by atoms with Crippen LogP contribution in [0.15, 0.2) is 22.6 Å². The zero-order chi connectivity index (χ0) is 17.9. The molecule has 2 fully saturated rings. The van der Waals surface area contributed by atoms with E-state index in [9.17, 15) is 4.79 Å². The van der Waals surface area contributed by atoms with Crippen molar-refractivity contribution >= 4 is 34.6 Å². The molecule has 2 aliphatic rings. The highest BCUT2D eigenvalue weighted by atomic mass is 35.5. The zero-order valence-corrected chi connectivity index (χ0v) is 15.5. The minimum Gasteiger partial charge on any atom is -0.423 e. The minimum atomic E-state index is 0.0497. The number of aromatic nitrogens is 1. The normalized spacial score (nSPS) is 21.9. The van der Waals surface area contributed by atoms with Crippen LogP contribution in [0.25, 0.3) is 11.1 Å². The van der Waals surface area contributed by atoms with Crippen LogP contribution < -0.4 is 10.2 Å². The van der Waals surface area contributed by atoms with Gasteiger partial charge in [0, 0.05) is 43.2 Å². The van der Waals surface area contributed by atoms with Gasteiger partial charge in [0.05, 0.1) is 6.10 Å². The van der Waals surface area contributed by atoms with Crippen molar-refractivity contribution < 1.29 is 13.9 Å². The topological polar surface area (TPSA) is 67.6 Å². The van der Waals surface area contributed by atoms with Gasteiger partial charge in [0.15, 0.2) is 5.58 Å². The van der Waals surface area contributed by atoms with Crippen LogP contribution in [0.1, 0.15) is 32.1 Å². The lowest BCUT2D eigenvalue weighted by Gasteiger charge is -2.30. The first-order valence-electron chi connectivity index (χ1n) is 9.39. The van der Waals surface area contributed by atoms with Crippen molar-refractivity contribution in [2.75, 3.05) is 31.1 Å². The Morgan fingerprint density at radius 3 is 2.88 bits per heavy atom. The molecule has 2 aliphatic heterocycles. The van der Waals surface area contributed by atoms with E-state index in [1.54, 1.807) is 6.07 Å². The summed E-state index contributed by atoms with van der Waals surface area (Å²) in [5.41, 5.74) is 1.50. The van der Waals surface area contributed by atoms with Gasteiger partial charge in [-0.1, -0.05) is 11.6 Å². The molecule has 140 valence electrons. The van der Waals surface area contributed by atoms with Crippen LogP contribution in [0.4, 0.5) is 6.01 Å². The largest absolute Gasteiger partial charge is 0.423 e. The Labute approximate surface area is 157 Å². The number of rotatable bonds is 4. The SMILES string of the molecule is O=C(NCC1CCCCO1)C1CCN(c2nc3ccc(Cl)cc3o2)CC1. The van der Waals surface area contributed by atoms with E-state index in [4.69, 9.17) is 20.8 Å². The van der Waals surface area contributed by atoms with E-state index >= 15 is 0 Å². The van der Waals surface area contributed by atoms with Crippen LogP contribution in [-0.4, -0.2) is 43.2 Å². The molecule has 1 N–H and O–H groups in total. The molecule has 1 unspecified atom stereocenters. The molecule has 1 aromatic carbocycles. The second-order valence-corrected chi connectivity index (χ2v) is 7.54. The first-order valence-corrected chi connectivity index (χ1v) is 9.77. The number of hydrogen-bond acceptors (Lipinski definition) is 5. The molecular formula is C19H24ClN3O3. The van der Waals surface area contributed by atoms with Gasteiger partial charge < -0.3 is 19.4 Å². The first kappa shape index (κ1) is 17.6. The molecule has 1 amide bonds.